The number of carbonyl (C=O) groups excluding carboxylic acids is 1. The van der Waals surface area contributed by atoms with Crippen LogP contribution in [0, 0.1) is 6.92 Å². The first-order valence-electron chi connectivity index (χ1n) is 8.93. The quantitative estimate of drug-likeness (QED) is 0.755. The van der Waals surface area contributed by atoms with E-state index in [1.807, 2.05) is 60.8 Å². The lowest BCUT2D eigenvalue weighted by atomic mass is 10.1. The van der Waals surface area contributed by atoms with Gasteiger partial charge in [-0.1, -0.05) is 30.3 Å². The Morgan fingerprint density at radius 1 is 1.15 bits per heavy atom. The smallest absolute Gasteiger partial charge is 0.323 e. The molecule has 3 aromatic rings. The number of thiazole rings is 1. The summed E-state index contributed by atoms with van der Waals surface area (Å²) >= 11 is 1.63. The normalized spacial score (nSPS) is 14.4. The van der Waals surface area contributed by atoms with Crippen LogP contribution in [0.4, 0.5) is 15.7 Å². The van der Waals surface area contributed by atoms with E-state index >= 15 is 0 Å². The first kappa shape index (κ1) is 17.5. The van der Waals surface area contributed by atoms with E-state index in [2.05, 4.69) is 20.3 Å². The zero-order valence-electron chi connectivity index (χ0n) is 15.4. The van der Waals surface area contributed by atoms with Crippen LogP contribution in [0.15, 0.2) is 41.9 Å². The van der Waals surface area contributed by atoms with Crippen LogP contribution in [-0.4, -0.2) is 51.9 Å². The van der Waals surface area contributed by atoms with Crippen molar-refractivity contribution >= 4 is 28.3 Å². The number of rotatable bonds is 3. The van der Waals surface area contributed by atoms with Gasteiger partial charge in [0, 0.05) is 55.9 Å². The average Bonchev–Trinajstić information content (AvgIpc) is 3.33. The number of aromatic nitrogens is 3. The van der Waals surface area contributed by atoms with Gasteiger partial charge in [0.1, 0.15) is 5.82 Å². The molecule has 1 fully saturated rings. The second-order valence-electron chi connectivity index (χ2n) is 6.53. The Hall–Kier alpha value is -2.87. The molecule has 0 radical (unpaired) electrons. The summed E-state index contributed by atoms with van der Waals surface area (Å²) in [5.74, 6) is 0.737. The number of benzene rings is 1. The van der Waals surface area contributed by atoms with Crippen molar-refractivity contribution in [3.8, 4) is 11.3 Å². The fourth-order valence-electron chi connectivity index (χ4n) is 3.33. The van der Waals surface area contributed by atoms with Crippen LogP contribution in [-0.2, 0) is 7.05 Å². The highest BCUT2D eigenvalue weighted by Crippen LogP contribution is 2.27. The Kier molecular flexibility index (Phi) is 4.81. The van der Waals surface area contributed by atoms with Gasteiger partial charge in [-0.2, -0.15) is 5.10 Å². The van der Waals surface area contributed by atoms with Gasteiger partial charge in [-0.15, -0.1) is 11.3 Å². The minimum Gasteiger partial charge on any atom is -0.345 e. The number of hydrogen-bond acceptors (Lipinski definition) is 5. The van der Waals surface area contributed by atoms with Gasteiger partial charge >= 0.3 is 6.03 Å². The zero-order valence-corrected chi connectivity index (χ0v) is 16.2. The van der Waals surface area contributed by atoms with Crippen LogP contribution >= 0.6 is 11.3 Å². The van der Waals surface area contributed by atoms with Gasteiger partial charge in [0.25, 0.3) is 0 Å². The summed E-state index contributed by atoms with van der Waals surface area (Å²) in [5, 5.41) is 10.6. The van der Waals surface area contributed by atoms with Gasteiger partial charge in [-0.3, -0.25) is 10.00 Å². The van der Waals surface area contributed by atoms with E-state index in [4.69, 9.17) is 0 Å². The van der Waals surface area contributed by atoms with Gasteiger partial charge < -0.3 is 9.80 Å². The number of aryl methyl sites for hydroxylation is 1. The number of hydrogen-bond donors (Lipinski definition) is 1. The molecule has 0 saturated carbocycles. The maximum absolute atomic E-state index is 12.8. The van der Waals surface area contributed by atoms with Crippen LogP contribution in [0.3, 0.4) is 0 Å². The Bertz CT molecular complexity index is 913. The molecule has 8 heteroatoms. The van der Waals surface area contributed by atoms with Gasteiger partial charge in [0.05, 0.1) is 5.69 Å². The standard InChI is InChI=1S/C19H22N6OS/c1-14-16(15-6-4-3-5-7-15)22-23(2)17(14)21-18(26)24-9-11-25(12-10-24)19-20-8-13-27-19/h3-8,13H,9-12H2,1-2H3,(H,21,26). The highest BCUT2D eigenvalue weighted by molar-refractivity contribution is 7.13. The summed E-state index contributed by atoms with van der Waals surface area (Å²) in [7, 11) is 1.86. The summed E-state index contributed by atoms with van der Waals surface area (Å²) in [4.78, 5) is 21.2. The van der Waals surface area contributed by atoms with Crippen LogP contribution in [0.25, 0.3) is 11.3 Å². The van der Waals surface area contributed by atoms with Crippen molar-refractivity contribution in [2.24, 2.45) is 7.05 Å². The fourth-order valence-corrected chi connectivity index (χ4v) is 4.02. The highest BCUT2D eigenvalue weighted by Gasteiger charge is 2.24. The number of nitrogens with one attached hydrogen (secondary N) is 1. The molecule has 1 aliphatic rings. The number of anilines is 2. The van der Waals surface area contributed by atoms with E-state index in [-0.39, 0.29) is 6.03 Å². The van der Waals surface area contributed by atoms with E-state index in [1.165, 1.54) is 0 Å². The van der Waals surface area contributed by atoms with E-state index in [1.54, 1.807) is 16.0 Å². The summed E-state index contributed by atoms with van der Waals surface area (Å²) in [6.07, 6.45) is 1.81. The predicted octanol–water partition coefficient (Wildman–Crippen LogP) is 3.21. The van der Waals surface area contributed by atoms with Crippen molar-refractivity contribution < 1.29 is 4.79 Å². The average molecular weight is 382 g/mol. The second kappa shape index (κ2) is 7.40. The lowest BCUT2D eigenvalue weighted by Gasteiger charge is -2.34. The molecule has 1 aliphatic heterocycles. The third kappa shape index (κ3) is 3.52. The lowest BCUT2D eigenvalue weighted by molar-refractivity contribution is 0.208. The minimum atomic E-state index is -0.0838. The van der Waals surface area contributed by atoms with Gasteiger partial charge in [-0.25, -0.2) is 9.78 Å². The molecule has 140 valence electrons. The SMILES string of the molecule is Cc1c(-c2ccccc2)nn(C)c1NC(=O)N1CCN(c2nccs2)CC1. The third-order valence-corrected chi connectivity index (χ3v) is 5.65. The number of piperazine rings is 1. The van der Waals surface area contributed by atoms with Crippen molar-refractivity contribution in [1.82, 2.24) is 19.7 Å². The molecule has 3 heterocycles. The first-order valence-corrected chi connectivity index (χ1v) is 9.81. The second-order valence-corrected chi connectivity index (χ2v) is 7.40. The van der Waals surface area contributed by atoms with E-state index < -0.39 is 0 Å². The minimum absolute atomic E-state index is 0.0838. The summed E-state index contributed by atoms with van der Waals surface area (Å²) < 4.78 is 1.74. The molecule has 0 aliphatic carbocycles. The highest BCUT2D eigenvalue weighted by atomic mass is 32.1. The molecular weight excluding hydrogens is 360 g/mol. The molecule has 0 atom stereocenters. The van der Waals surface area contributed by atoms with Gasteiger partial charge in [0.15, 0.2) is 5.13 Å². The summed E-state index contributed by atoms with van der Waals surface area (Å²) in [6.45, 7) is 4.92. The zero-order chi connectivity index (χ0) is 18.8. The topological polar surface area (TPSA) is 66.3 Å². The van der Waals surface area contributed by atoms with Crippen LogP contribution in [0.1, 0.15) is 5.56 Å². The van der Waals surface area contributed by atoms with Crippen molar-refractivity contribution in [2.75, 3.05) is 36.4 Å². The number of urea groups is 1. The van der Waals surface area contributed by atoms with Crippen molar-refractivity contribution in [3.63, 3.8) is 0 Å². The lowest BCUT2D eigenvalue weighted by Crippen LogP contribution is -2.50. The maximum Gasteiger partial charge on any atom is 0.323 e. The van der Waals surface area contributed by atoms with Gasteiger partial charge in [-0.05, 0) is 6.92 Å². The van der Waals surface area contributed by atoms with Crippen LogP contribution < -0.4 is 10.2 Å². The maximum atomic E-state index is 12.8. The Balaban J connectivity index is 1.44. The molecule has 0 bridgehead atoms. The predicted molar refractivity (Wildman–Crippen MR) is 108 cm³/mol. The van der Waals surface area contributed by atoms with E-state index in [0.717, 1.165) is 40.9 Å². The summed E-state index contributed by atoms with van der Waals surface area (Å²) in [5.41, 5.74) is 2.91. The monoisotopic (exact) mass is 382 g/mol. The molecule has 7 nitrogen and oxygen atoms in total. The Morgan fingerprint density at radius 3 is 2.56 bits per heavy atom. The molecule has 1 saturated heterocycles. The van der Waals surface area contributed by atoms with Gasteiger partial charge in [0.2, 0.25) is 0 Å². The van der Waals surface area contributed by atoms with E-state index in [9.17, 15) is 4.79 Å². The molecule has 2 aromatic heterocycles. The number of nitrogens with zero attached hydrogens (tertiary/aromatic N) is 5. The molecule has 0 unspecified atom stereocenters. The molecule has 1 aromatic carbocycles. The molecule has 4 rings (SSSR count). The largest absolute Gasteiger partial charge is 0.345 e. The third-order valence-electron chi connectivity index (χ3n) is 4.81. The molecule has 1 N–H and O–H groups in total. The van der Waals surface area contributed by atoms with Crippen LogP contribution in [0.2, 0.25) is 0 Å². The van der Waals surface area contributed by atoms with E-state index in [0.29, 0.717) is 13.1 Å². The fraction of sp³-hybridized carbons (Fsp3) is 0.316. The number of amides is 2. The van der Waals surface area contributed by atoms with Crippen molar-refractivity contribution in [2.45, 2.75) is 6.92 Å². The molecule has 0 spiro atoms. The van der Waals surface area contributed by atoms with Crippen LogP contribution in [0.5, 0.6) is 0 Å². The molecule has 2 amide bonds. The molecular formula is C19H22N6OS. The Labute approximate surface area is 162 Å². The molecule has 27 heavy (non-hydrogen) atoms. The number of carbonyl (C=O) groups is 1. The summed E-state index contributed by atoms with van der Waals surface area (Å²) in [6, 6.07) is 9.93. The first-order chi connectivity index (χ1) is 13.1. The van der Waals surface area contributed by atoms with Crippen molar-refractivity contribution in [3.05, 3.63) is 47.5 Å². The van der Waals surface area contributed by atoms with Crippen molar-refractivity contribution in [1.29, 1.82) is 0 Å². The Morgan fingerprint density at radius 2 is 1.89 bits per heavy atom.